The first-order chi connectivity index (χ1) is 28.2. The molecule has 3 fully saturated rings. The Hall–Kier alpha value is -4.99. The second kappa shape index (κ2) is 17.3. The zero-order valence-electron chi connectivity index (χ0n) is 30.7. The van der Waals surface area contributed by atoms with Gasteiger partial charge in [0.05, 0.1) is 18.4 Å². The summed E-state index contributed by atoms with van der Waals surface area (Å²) in [6, 6.07) is 22.8. The van der Waals surface area contributed by atoms with E-state index in [2.05, 4.69) is 0 Å². The molecular weight excluding hydrogens is 798 g/mol. The number of Topliss-reactive ketones (excluding diaryl/α,β-unsaturated/α-hetero) is 1. The number of halogens is 1. The molecule has 8 N–H and O–H groups in total. The Bertz CT molecular complexity index is 2190. The van der Waals surface area contributed by atoms with E-state index < -0.39 is 119 Å². The minimum absolute atomic E-state index is 0.0751. The van der Waals surface area contributed by atoms with Crippen LogP contribution in [0.4, 0.5) is 10.1 Å². The van der Waals surface area contributed by atoms with Crippen LogP contribution in [0.3, 0.4) is 0 Å². The Morgan fingerprint density at radius 1 is 0.763 bits per heavy atom. The number of aliphatic hydroxyl groups is 7. The number of amides is 1. The molecule has 3 aliphatic rings. The average molecular weight is 838 g/mol. The van der Waals surface area contributed by atoms with Gasteiger partial charge in [-0.05, 0) is 59.2 Å². The minimum atomic E-state index is -2.17. The number of carboxylic acids is 1. The number of carbonyl (C=O) groups excluding carboxylic acids is 2. The summed E-state index contributed by atoms with van der Waals surface area (Å²) in [5, 5.41) is 81.0. The molecule has 0 saturated carbocycles. The lowest BCUT2D eigenvalue weighted by molar-refractivity contribution is -0.271. The van der Waals surface area contributed by atoms with Crippen molar-refractivity contribution < 1.29 is 78.0 Å². The summed E-state index contributed by atoms with van der Waals surface area (Å²) in [6.45, 7) is -0.620. The molecule has 3 heterocycles. The molecule has 3 saturated heterocycles. The van der Waals surface area contributed by atoms with Gasteiger partial charge in [-0.25, -0.2) is 9.18 Å². The second-order valence-corrected chi connectivity index (χ2v) is 15.9. The van der Waals surface area contributed by atoms with Gasteiger partial charge < -0.3 is 60.0 Å². The van der Waals surface area contributed by atoms with Gasteiger partial charge in [0.25, 0.3) is 0 Å². The van der Waals surface area contributed by atoms with Crippen molar-refractivity contribution >= 4 is 34.1 Å². The van der Waals surface area contributed by atoms with Gasteiger partial charge >= 0.3 is 5.97 Å². The van der Waals surface area contributed by atoms with Gasteiger partial charge in [0.15, 0.2) is 11.9 Å². The molecule has 0 aromatic heterocycles. The van der Waals surface area contributed by atoms with Crippen LogP contribution >= 0.6 is 0 Å². The lowest BCUT2D eigenvalue weighted by Gasteiger charge is -2.47. The summed E-state index contributed by atoms with van der Waals surface area (Å²) in [6.07, 6.45) is -16.9. The third-order valence-electron chi connectivity index (χ3n) is 10.7. The highest BCUT2D eigenvalue weighted by Gasteiger charge is 2.54. The van der Waals surface area contributed by atoms with Crippen LogP contribution < -0.4 is 9.64 Å². The number of carbonyl (C=O) groups is 3. The molecule has 18 heteroatoms. The molecular formula is C41H40FNO15S. The topological polar surface area (TPSA) is 261 Å². The summed E-state index contributed by atoms with van der Waals surface area (Å²) in [5.41, 5.74) is 1.95. The van der Waals surface area contributed by atoms with Crippen LogP contribution in [0.25, 0.3) is 11.1 Å². The summed E-state index contributed by atoms with van der Waals surface area (Å²) >= 11 is 0. The van der Waals surface area contributed by atoms with Crippen molar-refractivity contribution in [1.29, 1.82) is 0 Å². The number of benzene rings is 4. The number of carboxylic acid groups (broad SMARTS) is 1. The van der Waals surface area contributed by atoms with Crippen LogP contribution in [0, 0.1) is 5.82 Å². The number of para-hydroxylation sites is 1. The van der Waals surface area contributed by atoms with Crippen LogP contribution in [0.5, 0.6) is 5.75 Å². The summed E-state index contributed by atoms with van der Waals surface area (Å²) in [4.78, 5) is 40.4. The smallest absolute Gasteiger partial charge is 0.335 e. The number of hydrogen-bond acceptors (Lipinski definition) is 14. The molecule has 59 heavy (non-hydrogen) atoms. The van der Waals surface area contributed by atoms with E-state index in [0.29, 0.717) is 22.4 Å². The third-order valence-corrected chi connectivity index (χ3v) is 12.2. The molecule has 4 aromatic rings. The van der Waals surface area contributed by atoms with Gasteiger partial charge in [-0.3, -0.25) is 13.8 Å². The normalized spacial score (nSPS) is 31.3. The number of anilines is 1. The lowest BCUT2D eigenvalue weighted by Crippen LogP contribution is -2.62. The van der Waals surface area contributed by atoms with E-state index >= 15 is 0 Å². The Labute approximate surface area is 337 Å². The largest absolute Gasteiger partial charge is 0.479 e. The Morgan fingerprint density at radius 2 is 1.41 bits per heavy atom. The highest BCUT2D eigenvalue weighted by atomic mass is 32.2. The third kappa shape index (κ3) is 8.16. The van der Waals surface area contributed by atoms with E-state index in [1.54, 1.807) is 60.7 Å². The van der Waals surface area contributed by atoms with Crippen LogP contribution in [-0.4, -0.2) is 135 Å². The van der Waals surface area contributed by atoms with Crippen molar-refractivity contribution in [3.8, 4) is 16.9 Å². The van der Waals surface area contributed by atoms with Gasteiger partial charge in [0, 0.05) is 27.6 Å². The maximum absolute atomic E-state index is 14.0. The standard InChI is InChI=1S/C41H40FNO15S/c42-23-13-10-20(11-14-23)26(45)18-59(55)38-29(43(39(38)52)24-4-2-1-3-5-24)25-15-12-22(16-27(25)57-41-35(51)32(48)34(50)37(58-41)40(53)54)19-6-8-21(9-7-19)36-33(49)31(47)30(46)28(17-44)56-36/h1-16,28-38,41,44,46-51H,17-18H2,(H,53,54)/t28-,29-,30-,31+,32?,33-,34?,35?,36?,37?,38-,41-,59?/m1/s1. The molecule has 4 aromatic carbocycles. The maximum Gasteiger partial charge on any atom is 0.335 e. The predicted octanol–water partition coefficient (Wildman–Crippen LogP) is 0.367. The summed E-state index contributed by atoms with van der Waals surface area (Å²) in [7, 11) is -2.17. The average Bonchev–Trinajstić information content (AvgIpc) is 3.23. The zero-order valence-corrected chi connectivity index (χ0v) is 31.6. The van der Waals surface area contributed by atoms with E-state index in [-0.39, 0.29) is 16.9 Å². The van der Waals surface area contributed by atoms with Gasteiger partial charge in [-0.1, -0.05) is 54.6 Å². The van der Waals surface area contributed by atoms with Crippen LogP contribution in [0.2, 0.25) is 0 Å². The predicted molar refractivity (Wildman–Crippen MR) is 204 cm³/mol. The number of aliphatic carboxylic acids is 1. The molecule has 7 rings (SSSR count). The number of nitrogens with zero attached hydrogens (tertiary/aromatic N) is 1. The minimum Gasteiger partial charge on any atom is -0.479 e. The van der Waals surface area contributed by atoms with E-state index in [0.717, 1.165) is 12.1 Å². The number of rotatable bonds is 12. The Balaban J connectivity index is 1.28. The number of β-lactam (4-membered cyclic amide) rings is 1. The Morgan fingerprint density at radius 3 is 2.05 bits per heavy atom. The molecule has 13 atom stereocenters. The molecule has 0 bridgehead atoms. The molecule has 312 valence electrons. The SMILES string of the molecule is O=C(CS(=O)[C@H]1C(=O)N(c2ccccc2)[C@@H]1c1ccc(-c2ccc(C3O[C@H](CO)[C@@H](O)[C@H](O)[C@H]3O)cc2)cc1O[C@@H]1OC(C(=O)O)C(O)C(O)C1O)c1ccc(F)cc1. The number of aliphatic hydroxyl groups excluding tert-OH is 7. The molecule has 1 amide bonds. The summed E-state index contributed by atoms with van der Waals surface area (Å²) in [5.74, 6) is -4.21. The van der Waals surface area contributed by atoms with Gasteiger partial charge in [0.1, 0.15) is 65.6 Å². The van der Waals surface area contributed by atoms with E-state index in [9.17, 15) is 63.8 Å². The first-order valence-corrected chi connectivity index (χ1v) is 19.8. The number of hydrogen-bond donors (Lipinski definition) is 8. The van der Waals surface area contributed by atoms with Crippen LogP contribution in [0.15, 0.2) is 97.1 Å². The molecule has 0 aliphatic carbocycles. The highest BCUT2D eigenvalue weighted by Crippen LogP contribution is 2.47. The zero-order chi connectivity index (χ0) is 42.3. The van der Waals surface area contributed by atoms with E-state index in [4.69, 9.17) is 14.2 Å². The summed E-state index contributed by atoms with van der Waals surface area (Å²) < 4.78 is 44.8. The number of ketones is 1. The van der Waals surface area contributed by atoms with Crippen molar-refractivity contribution in [2.45, 2.75) is 72.5 Å². The van der Waals surface area contributed by atoms with E-state index in [1.165, 1.54) is 29.2 Å². The fourth-order valence-electron chi connectivity index (χ4n) is 7.41. The van der Waals surface area contributed by atoms with Crippen LogP contribution in [-0.2, 0) is 29.9 Å². The molecule has 6 unspecified atom stereocenters. The fourth-order valence-corrected chi connectivity index (χ4v) is 8.91. The quantitative estimate of drug-likeness (QED) is 0.0708. The molecule has 3 aliphatic heterocycles. The van der Waals surface area contributed by atoms with Crippen molar-refractivity contribution in [3.05, 3.63) is 120 Å². The van der Waals surface area contributed by atoms with Crippen LogP contribution in [0.1, 0.15) is 33.6 Å². The van der Waals surface area contributed by atoms with Gasteiger partial charge in [0.2, 0.25) is 12.2 Å². The first-order valence-electron chi connectivity index (χ1n) is 18.4. The van der Waals surface area contributed by atoms with E-state index in [1.807, 2.05) is 0 Å². The van der Waals surface area contributed by atoms with Crippen molar-refractivity contribution in [1.82, 2.24) is 0 Å². The second-order valence-electron chi connectivity index (χ2n) is 14.3. The van der Waals surface area contributed by atoms with Gasteiger partial charge in [-0.15, -0.1) is 0 Å². The molecule has 0 radical (unpaired) electrons. The molecule has 16 nitrogen and oxygen atoms in total. The molecule has 0 spiro atoms. The number of ether oxygens (including phenoxy) is 3. The first kappa shape index (κ1) is 42.1. The van der Waals surface area contributed by atoms with Crippen molar-refractivity contribution in [2.75, 3.05) is 17.3 Å². The van der Waals surface area contributed by atoms with Crippen molar-refractivity contribution in [2.24, 2.45) is 0 Å². The maximum atomic E-state index is 14.0. The fraction of sp³-hybridized carbons (Fsp3) is 0.341. The van der Waals surface area contributed by atoms with Crippen molar-refractivity contribution in [3.63, 3.8) is 0 Å². The monoisotopic (exact) mass is 837 g/mol. The lowest BCUT2D eigenvalue weighted by atomic mass is 9.89. The van der Waals surface area contributed by atoms with Gasteiger partial charge in [-0.2, -0.15) is 0 Å². The highest BCUT2D eigenvalue weighted by molar-refractivity contribution is 7.87. The Kier molecular flexibility index (Phi) is 12.4.